The van der Waals surface area contributed by atoms with Crippen molar-refractivity contribution >= 4 is 0 Å². The van der Waals surface area contributed by atoms with Crippen LogP contribution in [0.1, 0.15) is 26.7 Å². The van der Waals surface area contributed by atoms with E-state index < -0.39 is 0 Å². The molecular weight excluding hydrogens is 216 g/mol. The fraction of sp³-hybridized carbons (Fsp3) is 1.00. The average Bonchev–Trinajstić information content (AvgIpc) is 2.30. The highest BCUT2D eigenvalue weighted by atomic mass is 16.5. The lowest BCUT2D eigenvalue weighted by atomic mass is 9.97. The second-order valence-corrected chi connectivity index (χ2v) is 5.69. The van der Waals surface area contributed by atoms with Crippen molar-refractivity contribution in [3.63, 3.8) is 0 Å². The molecule has 0 aromatic carbocycles. The van der Waals surface area contributed by atoms with Crippen LogP contribution < -0.4 is 5.73 Å². The van der Waals surface area contributed by atoms with Crippen molar-refractivity contribution in [1.29, 1.82) is 0 Å². The molecule has 1 atom stereocenters. The van der Waals surface area contributed by atoms with E-state index in [0.29, 0.717) is 0 Å². The lowest BCUT2D eigenvalue weighted by molar-refractivity contribution is -0.00973. The van der Waals surface area contributed by atoms with E-state index in [-0.39, 0.29) is 11.6 Å². The first-order valence-corrected chi connectivity index (χ1v) is 6.52. The van der Waals surface area contributed by atoms with Gasteiger partial charge in [0.05, 0.1) is 5.60 Å². The summed E-state index contributed by atoms with van der Waals surface area (Å²) in [6, 6.07) is 0.0392. The number of hydrogen-bond donors (Lipinski definition) is 1. The minimum Gasteiger partial charge on any atom is -0.381 e. The maximum absolute atomic E-state index is 6.18. The number of nitrogens with zero attached hydrogens (tertiary/aromatic N) is 1. The third kappa shape index (κ3) is 4.92. The summed E-state index contributed by atoms with van der Waals surface area (Å²) < 4.78 is 10.8. The minimum atomic E-state index is -0.260. The molecule has 1 aliphatic heterocycles. The van der Waals surface area contributed by atoms with E-state index >= 15 is 0 Å². The molecule has 1 heterocycles. The van der Waals surface area contributed by atoms with Crippen molar-refractivity contribution in [3.05, 3.63) is 0 Å². The summed E-state index contributed by atoms with van der Waals surface area (Å²) in [6.45, 7) is 7.89. The van der Waals surface area contributed by atoms with Gasteiger partial charge in [0.1, 0.15) is 0 Å². The molecule has 1 fully saturated rings. The number of hydrogen-bond acceptors (Lipinski definition) is 4. The number of ether oxygens (including phenoxy) is 2. The summed E-state index contributed by atoms with van der Waals surface area (Å²) in [5, 5.41) is 0. The molecule has 0 amide bonds. The van der Waals surface area contributed by atoms with Crippen LogP contribution in [-0.2, 0) is 9.47 Å². The second kappa shape index (κ2) is 6.69. The van der Waals surface area contributed by atoms with Crippen LogP contribution in [0.5, 0.6) is 0 Å². The molecule has 4 heteroatoms. The minimum absolute atomic E-state index is 0.0392. The molecular formula is C13H28N2O2. The van der Waals surface area contributed by atoms with Crippen LogP contribution >= 0.6 is 0 Å². The fourth-order valence-corrected chi connectivity index (χ4v) is 2.15. The molecule has 0 radical (unpaired) electrons. The van der Waals surface area contributed by atoms with Crippen LogP contribution in [0.3, 0.4) is 0 Å². The van der Waals surface area contributed by atoms with Crippen molar-refractivity contribution in [2.24, 2.45) is 11.7 Å². The third-order valence-electron chi connectivity index (χ3n) is 3.84. The lowest BCUT2D eigenvalue weighted by Gasteiger charge is -2.34. The van der Waals surface area contributed by atoms with Crippen molar-refractivity contribution in [1.82, 2.24) is 4.90 Å². The lowest BCUT2D eigenvalue weighted by Crippen LogP contribution is -2.51. The van der Waals surface area contributed by atoms with Crippen molar-refractivity contribution in [3.8, 4) is 0 Å². The third-order valence-corrected chi connectivity index (χ3v) is 3.84. The van der Waals surface area contributed by atoms with Crippen LogP contribution in [0.25, 0.3) is 0 Å². The average molecular weight is 244 g/mol. The zero-order valence-electron chi connectivity index (χ0n) is 11.7. The summed E-state index contributed by atoms with van der Waals surface area (Å²) in [5.74, 6) is 0.756. The van der Waals surface area contributed by atoms with Gasteiger partial charge in [-0.15, -0.1) is 0 Å². The first-order chi connectivity index (χ1) is 7.95. The molecule has 0 spiro atoms. The quantitative estimate of drug-likeness (QED) is 0.760. The van der Waals surface area contributed by atoms with E-state index in [4.69, 9.17) is 15.2 Å². The zero-order chi connectivity index (χ0) is 12.9. The van der Waals surface area contributed by atoms with Gasteiger partial charge in [0.25, 0.3) is 0 Å². The van der Waals surface area contributed by atoms with E-state index in [1.165, 1.54) is 12.8 Å². The highest BCUT2D eigenvalue weighted by Crippen LogP contribution is 2.17. The molecule has 1 unspecified atom stereocenters. The van der Waals surface area contributed by atoms with Gasteiger partial charge in [0.2, 0.25) is 0 Å². The van der Waals surface area contributed by atoms with Gasteiger partial charge in [-0.3, -0.25) is 0 Å². The predicted molar refractivity (Wildman–Crippen MR) is 70.1 cm³/mol. The Morgan fingerprint density at radius 2 is 2.00 bits per heavy atom. The number of likely N-dealkylation sites (N-methyl/N-ethyl adjacent to an activating group) is 1. The Morgan fingerprint density at radius 1 is 1.41 bits per heavy atom. The predicted octanol–water partition coefficient (Wildman–Crippen LogP) is 1.10. The van der Waals surface area contributed by atoms with Gasteiger partial charge in [0, 0.05) is 39.5 Å². The maximum Gasteiger partial charge on any atom is 0.0785 e. The summed E-state index contributed by atoms with van der Waals surface area (Å²) in [4.78, 5) is 2.32. The van der Waals surface area contributed by atoms with E-state index in [2.05, 4.69) is 11.9 Å². The van der Waals surface area contributed by atoms with Crippen molar-refractivity contribution in [2.75, 3.05) is 40.5 Å². The number of methoxy groups -OCH3 is 1. The molecule has 2 N–H and O–H groups in total. The topological polar surface area (TPSA) is 47.7 Å². The van der Waals surface area contributed by atoms with Crippen molar-refractivity contribution < 1.29 is 9.47 Å². The normalized spacial score (nSPS) is 20.8. The number of rotatable bonds is 6. The van der Waals surface area contributed by atoms with Crippen LogP contribution in [-0.4, -0.2) is 57.0 Å². The van der Waals surface area contributed by atoms with Crippen LogP contribution in [0.2, 0.25) is 0 Å². The molecule has 17 heavy (non-hydrogen) atoms. The molecule has 0 saturated carbocycles. The monoisotopic (exact) mass is 244 g/mol. The number of nitrogens with two attached hydrogens (primary N) is 1. The van der Waals surface area contributed by atoms with E-state index in [1.807, 2.05) is 13.8 Å². The highest BCUT2D eigenvalue weighted by molar-refractivity contribution is 4.85. The molecule has 1 rings (SSSR count). The fourth-order valence-electron chi connectivity index (χ4n) is 2.15. The first-order valence-electron chi connectivity index (χ1n) is 6.52. The Bertz CT molecular complexity index is 215. The largest absolute Gasteiger partial charge is 0.381 e. The van der Waals surface area contributed by atoms with Gasteiger partial charge in [-0.25, -0.2) is 0 Å². The van der Waals surface area contributed by atoms with Gasteiger partial charge in [-0.05, 0) is 39.7 Å². The molecule has 1 aliphatic rings. The van der Waals surface area contributed by atoms with Crippen LogP contribution in [0.4, 0.5) is 0 Å². The molecule has 102 valence electrons. The Kier molecular flexibility index (Phi) is 5.86. The van der Waals surface area contributed by atoms with Crippen molar-refractivity contribution in [2.45, 2.75) is 38.3 Å². The maximum atomic E-state index is 6.18. The molecule has 0 bridgehead atoms. The first kappa shape index (κ1) is 14.9. The SMILES string of the molecule is COC(C)(C)C(N)CN(C)CC1CCOCC1. The molecule has 0 aromatic rings. The Labute approximate surface area is 105 Å². The van der Waals surface area contributed by atoms with E-state index in [0.717, 1.165) is 32.2 Å². The summed E-state index contributed by atoms with van der Waals surface area (Å²) in [6.07, 6.45) is 2.35. The summed E-state index contributed by atoms with van der Waals surface area (Å²) in [5.41, 5.74) is 5.92. The van der Waals surface area contributed by atoms with Gasteiger partial charge >= 0.3 is 0 Å². The standard InChI is InChI=1S/C13H28N2O2/c1-13(2,16-4)12(14)10-15(3)9-11-5-7-17-8-6-11/h11-12H,5-10,14H2,1-4H3. The van der Waals surface area contributed by atoms with Crippen LogP contribution in [0.15, 0.2) is 0 Å². The molecule has 1 saturated heterocycles. The summed E-state index contributed by atoms with van der Waals surface area (Å²) in [7, 11) is 3.86. The molecule has 0 aromatic heterocycles. The molecule has 4 nitrogen and oxygen atoms in total. The molecule has 0 aliphatic carbocycles. The highest BCUT2D eigenvalue weighted by Gasteiger charge is 2.27. The zero-order valence-corrected chi connectivity index (χ0v) is 11.7. The van der Waals surface area contributed by atoms with Gasteiger partial charge < -0.3 is 20.1 Å². The van der Waals surface area contributed by atoms with E-state index in [1.54, 1.807) is 7.11 Å². The van der Waals surface area contributed by atoms with Gasteiger partial charge in [-0.1, -0.05) is 0 Å². The Hall–Kier alpha value is -0.160. The van der Waals surface area contributed by atoms with E-state index in [9.17, 15) is 0 Å². The van der Waals surface area contributed by atoms with Gasteiger partial charge in [0.15, 0.2) is 0 Å². The Balaban J connectivity index is 2.30. The second-order valence-electron chi connectivity index (χ2n) is 5.69. The Morgan fingerprint density at radius 3 is 2.53 bits per heavy atom. The smallest absolute Gasteiger partial charge is 0.0785 e. The summed E-state index contributed by atoms with van der Waals surface area (Å²) >= 11 is 0. The van der Waals surface area contributed by atoms with Crippen LogP contribution in [0, 0.1) is 5.92 Å². The van der Waals surface area contributed by atoms with Gasteiger partial charge in [-0.2, -0.15) is 0 Å².